The maximum absolute atomic E-state index is 5.76. The van der Waals surface area contributed by atoms with Gasteiger partial charge in [0.25, 0.3) is 0 Å². The zero-order chi connectivity index (χ0) is 12.4. The summed E-state index contributed by atoms with van der Waals surface area (Å²) >= 11 is 1.73. The lowest BCUT2D eigenvalue weighted by molar-refractivity contribution is -0.183. The van der Waals surface area contributed by atoms with Crippen LogP contribution in [-0.2, 0) is 16.0 Å². The minimum absolute atomic E-state index is 0.238. The van der Waals surface area contributed by atoms with E-state index < -0.39 is 0 Å². The number of thiazole rings is 1. The monoisotopic (exact) mass is 268 g/mol. The van der Waals surface area contributed by atoms with E-state index in [1.165, 1.54) is 5.01 Å². The maximum Gasteiger partial charge on any atom is 0.168 e. The van der Waals surface area contributed by atoms with Crippen LogP contribution in [-0.4, -0.2) is 42.0 Å². The summed E-state index contributed by atoms with van der Waals surface area (Å²) in [6.07, 6.45) is 6.24. The van der Waals surface area contributed by atoms with E-state index in [4.69, 9.17) is 9.47 Å². The molecule has 100 valence electrons. The van der Waals surface area contributed by atoms with Crippen LogP contribution in [0, 0.1) is 0 Å². The van der Waals surface area contributed by atoms with E-state index in [1.807, 2.05) is 11.6 Å². The van der Waals surface area contributed by atoms with Crippen LogP contribution >= 0.6 is 11.3 Å². The highest BCUT2D eigenvalue weighted by Crippen LogP contribution is 2.37. The van der Waals surface area contributed by atoms with Crippen LogP contribution < -0.4 is 0 Å². The Morgan fingerprint density at radius 3 is 2.72 bits per heavy atom. The predicted octanol–water partition coefficient (Wildman–Crippen LogP) is 2.26. The summed E-state index contributed by atoms with van der Waals surface area (Å²) in [4.78, 5) is 6.77. The van der Waals surface area contributed by atoms with Gasteiger partial charge in [-0.25, -0.2) is 4.98 Å². The van der Waals surface area contributed by atoms with Gasteiger partial charge in [0.1, 0.15) is 5.01 Å². The zero-order valence-electron chi connectivity index (χ0n) is 10.8. The van der Waals surface area contributed by atoms with E-state index in [0.29, 0.717) is 6.04 Å². The third kappa shape index (κ3) is 2.59. The van der Waals surface area contributed by atoms with Gasteiger partial charge in [0.05, 0.1) is 19.8 Å². The van der Waals surface area contributed by atoms with E-state index in [9.17, 15) is 0 Å². The molecule has 0 atom stereocenters. The molecule has 0 radical (unpaired) electrons. The van der Waals surface area contributed by atoms with Crippen LogP contribution in [0.4, 0.5) is 0 Å². The van der Waals surface area contributed by atoms with Gasteiger partial charge in [-0.05, 0) is 19.9 Å². The molecular weight excluding hydrogens is 248 g/mol. The largest absolute Gasteiger partial charge is 0.348 e. The number of aromatic nitrogens is 1. The summed E-state index contributed by atoms with van der Waals surface area (Å²) in [6, 6.07) is 0.632. The van der Waals surface area contributed by atoms with Gasteiger partial charge in [-0.15, -0.1) is 11.3 Å². The van der Waals surface area contributed by atoms with Crippen LogP contribution in [0.15, 0.2) is 11.6 Å². The molecule has 3 rings (SSSR count). The molecular formula is C13H20N2O2S. The fourth-order valence-corrected chi connectivity index (χ4v) is 3.62. The van der Waals surface area contributed by atoms with E-state index in [0.717, 1.165) is 45.4 Å². The lowest BCUT2D eigenvalue weighted by Gasteiger charge is -2.38. The smallest absolute Gasteiger partial charge is 0.168 e. The Hall–Kier alpha value is -0.490. The van der Waals surface area contributed by atoms with Gasteiger partial charge in [-0.2, -0.15) is 0 Å². The molecule has 5 heteroatoms. The molecule has 2 aliphatic rings. The Morgan fingerprint density at radius 1 is 1.39 bits per heavy atom. The van der Waals surface area contributed by atoms with Crippen molar-refractivity contribution in [1.82, 2.24) is 9.88 Å². The average Bonchev–Trinajstić information content (AvgIpc) is 3.03. The van der Waals surface area contributed by atoms with E-state index in [-0.39, 0.29) is 5.79 Å². The maximum atomic E-state index is 5.76. The lowest BCUT2D eigenvalue weighted by Crippen LogP contribution is -2.42. The van der Waals surface area contributed by atoms with Crippen molar-refractivity contribution >= 4 is 11.3 Å². The topological polar surface area (TPSA) is 34.6 Å². The minimum Gasteiger partial charge on any atom is -0.348 e. The molecule has 1 aliphatic carbocycles. The summed E-state index contributed by atoms with van der Waals surface area (Å²) in [5.74, 6) is -0.238. The SMILES string of the molecule is CN(Cc1nccs1)C1CCC2(CC1)OCCO2. The van der Waals surface area contributed by atoms with E-state index in [1.54, 1.807) is 11.3 Å². The first-order chi connectivity index (χ1) is 8.77. The molecule has 1 aromatic heterocycles. The van der Waals surface area contributed by atoms with Crippen molar-refractivity contribution in [1.29, 1.82) is 0 Å². The first kappa shape index (κ1) is 12.5. The second kappa shape index (κ2) is 5.25. The molecule has 1 saturated heterocycles. The van der Waals surface area contributed by atoms with Crippen molar-refractivity contribution in [3.05, 3.63) is 16.6 Å². The molecule has 0 aromatic carbocycles. The van der Waals surface area contributed by atoms with Gasteiger partial charge in [0, 0.05) is 30.5 Å². The molecule has 0 N–H and O–H groups in total. The third-order valence-corrected chi connectivity index (χ3v) is 4.79. The lowest BCUT2D eigenvalue weighted by atomic mass is 9.89. The highest BCUT2D eigenvalue weighted by Gasteiger charge is 2.41. The zero-order valence-corrected chi connectivity index (χ0v) is 11.6. The summed E-state index contributed by atoms with van der Waals surface area (Å²) < 4.78 is 11.5. The Balaban J connectivity index is 1.52. The van der Waals surface area contributed by atoms with Crippen LogP contribution in [0.2, 0.25) is 0 Å². The molecule has 1 spiro atoms. The molecule has 1 aliphatic heterocycles. The molecule has 0 unspecified atom stereocenters. The van der Waals surface area contributed by atoms with Crippen molar-refractivity contribution in [2.75, 3.05) is 20.3 Å². The van der Waals surface area contributed by atoms with E-state index >= 15 is 0 Å². The third-order valence-electron chi connectivity index (χ3n) is 4.02. The van der Waals surface area contributed by atoms with Crippen LogP contribution in [0.25, 0.3) is 0 Å². The van der Waals surface area contributed by atoms with Crippen molar-refractivity contribution < 1.29 is 9.47 Å². The van der Waals surface area contributed by atoms with Gasteiger partial charge in [0.15, 0.2) is 5.79 Å². The quantitative estimate of drug-likeness (QED) is 0.842. The average molecular weight is 268 g/mol. The van der Waals surface area contributed by atoms with Crippen molar-refractivity contribution in [3.63, 3.8) is 0 Å². The number of nitrogens with zero attached hydrogens (tertiary/aromatic N) is 2. The Labute approximate surface area is 112 Å². The van der Waals surface area contributed by atoms with Gasteiger partial charge >= 0.3 is 0 Å². The number of hydrogen-bond donors (Lipinski definition) is 0. The Morgan fingerprint density at radius 2 is 2.11 bits per heavy atom. The highest BCUT2D eigenvalue weighted by molar-refractivity contribution is 7.09. The first-order valence-corrected chi connectivity index (χ1v) is 7.52. The normalized spacial score (nSPS) is 24.1. The number of rotatable bonds is 3. The number of ether oxygens (including phenoxy) is 2. The molecule has 18 heavy (non-hydrogen) atoms. The first-order valence-electron chi connectivity index (χ1n) is 6.64. The fourth-order valence-electron chi connectivity index (χ4n) is 2.94. The molecule has 4 nitrogen and oxygen atoms in total. The Bertz CT molecular complexity index is 366. The van der Waals surface area contributed by atoms with Gasteiger partial charge < -0.3 is 9.47 Å². The molecule has 1 aromatic rings. The molecule has 0 amide bonds. The molecule has 2 fully saturated rings. The standard InChI is InChI=1S/C13H20N2O2S/c1-15(10-12-14-6-9-18-12)11-2-4-13(5-3-11)16-7-8-17-13/h6,9,11H,2-5,7-8,10H2,1H3. The molecule has 1 saturated carbocycles. The Kier molecular flexibility index (Phi) is 3.66. The fraction of sp³-hybridized carbons (Fsp3) is 0.769. The summed E-state index contributed by atoms with van der Waals surface area (Å²) in [5.41, 5.74) is 0. The van der Waals surface area contributed by atoms with Crippen molar-refractivity contribution in [3.8, 4) is 0 Å². The summed E-state index contributed by atoms with van der Waals surface area (Å²) in [7, 11) is 2.19. The van der Waals surface area contributed by atoms with Crippen LogP contribution in [0.3, 0.4) is 0 Å². The number of hydrogen-bond acceptors (Lipinski definition) is 5. The summed E-state index contributed by atoms with van der Waals surface area (Å²) in [6.45, 7) is 2.48. The summed E-state index contributed by atoms with van der Waals surface area (Å²) in [5, 5.41) is 3.24. The minimum atomic E-state index is -0.238. The van der Waals surface area contributed by atoms with Gasteiger partial charge in [0.2, 0.25) is 0 Å². The molecule has 2 heterocycles. The van der Waals surface area contributed by atoms with Crippen molar-refractivity contribution in [2.45, 2.75) is 44.1 Å². The second-order valence-corrected chi connectivity index (χ2v) is 6.16. The van der Waals surface area contributed by atoms with Crippen LogP contribution in [0.5, 0.6) is 0 Å². The predicted molar refractivity (Wildman–Crippen MR) is 70.5 cm³/mol. The van der Waals surface area contributed by atoms with Gasteiger partial charge in [-0.1, -0.05) is 0 Å². The van der Waals surface area contributed by atoms with Crippen LogP contribution in [0.1, 0.15) is 30.7 Å². The highest BCUT2D eigenvalue weighted by atomic mass is 32.1. The second-order valence-electron chi connectivity index (χ2n) is 5.18. The van der Waals surface area contributed by atoms with E-state index in [2.05, 4.69) is 16.9 Å². The van der Waals surface area contributed by atoms with Gasteiger partial charge in [-0.3, -0.25) is 4.90 Å². The van der Waals surface area contributed by atoms with Crippen molar-refractivity contribution in [2.24, 2.45) is 0 Å². The molecule has 0 bridgehead atoms.